The van der Waals surface area contributed by atoms with Crippen molar-refractivity contribution < 1.29 is 4.74 Å². The Bertz CT molecular complexity index is 758. The topological polar surface area (TPSA) is 52.8 Å². The zero-order chi connectivity index (χ0) is 16.3. The van der Waals surface area contributed by atoms with Crippen LogP contribution >= 0.6 is 0 Å². The van der Waals surface area contributed by atoms with Crippen LogP contribution in [0.25, 0.3) is 5.69 Å². The largest absolute Gasteiger partial charge is 0.486 e. The predicted molar refractivity (Wildman–Crippen MR) is 88.6 cm³/mol. The summed E-state index contributed by atoms with van der Waals surface area (Å²) in [6, 6.07) is 17.9. The maximum absolute atomic E-state index is 5.82. The molecule has 0 aliphatic carbocycles. The van der Waals surface area contributed by atoms with Gasteiger partial charge in [0.2, 0.25) is 0 Å². The first-order valence-electron chi connectivity index (χ1n) is 7.60. The lowest BCUT2D eigenvalue weighted by Crippen LogP contribution is -2.10. The normalized spacial score (nSPS) is 11.4. The van der Waals surface area contributed by atoms with Crippen LogP contribution in [0.1, 0.15) is 32.2 Å². The lowest BCUT2D eigenvalue weighted by molar-refractivity contribution is 0.292. The average Bonchev–Trinajstić information content (AvgIpc) is 3.02. The van der Waals surface area contributed by atoms with Crippen LogP contribution in [-0.2, 0) is 12.0 Å². The zero-order valence-electron chi connectivity index (χ0n) is 13.6. The molecule has 0 N–H and O–H groups in total. The van der Waals surface area contributed by atoms with E-state index in [1.54, 1.807) is 4.68 Å². The van der Waals surface area contributed by atoms with E-state index in [9.17, 15) is 0 Å². The molecule has 0 radical (unpaired) electrons. The first-order chi connectivity index (χ1) is 11.0. The highest BCUT2D eigenvalue weighted by atomic mass is 16.5. The van der Waals surface area contributed by atoms with Crippen molar-refractivity contribution in [2.75, 3.05) is 0 Å². The lowest BCUT2D eigenvalue weighted by Gasteiger charge is -2.19. The van der Waals surface area contributed by atoms with Crippen molar-refractivity contribution in [1.82, 2.24) is 20.2 Å². The van der Waals surface area contributed by atoms with Crippen LogP contribution in [0.5, 0.6) is 5.75 Å². The summed E-state index contributed by atoms with van der Waals surface area (Å²) in [4.78, 5) is 0. The summed E-state index contributed by atoms with van der Waals surface area (Å²) in [5.74, 6) is 1.47. The Hall–Kier alpha value is -2.69. The van der Waals surface area contributed by atoms with Crippen molar-refractivity contribution in [3.8, 4) is 11.4 Å². The highest BCUT2D eigenvalue weighted by molar-refractivity contribution is 5.32. The molecule has 3 aromatic rings. The number of hydrogen-bond donors (Lipinski definition) is 0. The Kier molecular flexibility index (Phi) is 4.10. The first kappa shape index (κ1) is 15.2. The van der Waals surface area contributed by atoms with Gasteiger partial charge in [0.05, 0.1) is 5.69 Å². The van der Waals surface area contributed by atoms with E-state index in [2.05, 4.69) is 48.4 Å². The summed E-state index contributed by atoms with van der Waals surface area (Å²) < 4.78 is 7.50. The number of hydrogen-bond acceptors (Lipinski definition) is 4. The number of tetrazole rings is 1. The van der Waals surface area contributed by atoms with Crippen LogP contribution in [0.3, 0.4) is 0 Å². The van der Waals surface area contributed by atoms with Crippen LogP contribution < -0.4 is 4.74 Å². The fraction of sp³-hybridized carbons (Fsp3) is 0.278. The number of para-hydroxylation sites is 1. The van der Waals surface area contributed by atoms with Crippen LogP contribution in [0.4, 0.5) is 0 Å². The zero-order valence-corrected chi connectivity index (χ0v) is 13.6. The second-order valence-electron chi connectivity index (χ2n) is 6.41. The van der Waals surface area contributed by atoms with Crippen molar-refractivity contribution in [1.29, 1.82) is 0 Å². The minimum Gasteiger partial charge on any atom is -0.486 e. The Morgan fingerprint density at radius 3 is 2.30 bits per heavy atom. The highest BCUT2D eigenvalue weighted by Gasteiger charge is 2.13. The first-order valence-corrected chi connectivity index (χ1v) is 7.60. The summed E-state index contributed by atoms with van der Waals surface area (Å²) in [6.07, 6.45) is 0. The second-order valence-corrected chi connectivity index (χ2v) is 6.41. The van der Waals surface area contributed by atoms with Gasteiger partial charge in [-0.25, -0.2) is 0 Å². The molecule has 1 heterocycles. The van der Waals surface area contributed by atoms with Crippen molar-refractivity contribution >= 4 is 0 Å². The van der Waals surface area contributed by atoms with Crippen LogP contribution in [-0.4, -0.2) is 20.2 Å². The molecule has 3 rings (SSSR count). The van der Waals surface area contributed by atoms with E-state index >= 15 is 0 Å². The number of aromatic nitrogens is 4. The van der Waals surface area contributed by atoms with E-state index in [1.165, 1.54) is 5.56 Å². The van der Waals surface area contributed by atoms with Crippen LogP contribution in [0.2, 0.25) is 0 Å². The molecule has 118 valence electrons. The minimum absolute atomic E-state index is 0.135. The SMILES string of the molecule is CC(C)(C)c1ccc(OCc2nnnn2-c2ccccc2)cc1. The molecule has 0 saturated heterocycles. The lowest BCUT2D eigenvalue weighted by atomic mass is 9.87. The molecule has 23 heavy (non-hydrogen) atoms. The molecular weight excluding hydrogens is 288 g/mol. The molecule has 5 heteroatoms. The molecular formula is C18H20N4O. The molecule has 0 aliphatic heterocycles. The van der Waals surface area contributed by atoms with Gasteiger partial charge in [0, 0.05) is 0 Å². The predicted octanol–water partition coefficient (Wildman–Crippen LogP) is 3.54. The Labute approximate surface area is 135 Å². The molecule has 5 nitrogen and oxygen atoms in total. The number of ether oxygens (including phenoxy) is 1. The van der Waals surface area contributed by atoms with Gasteiger partial charge in [-0.3, -0.25) is 0 Å². The Balaban J connectivity index is 1.71. The molecule has 1 aromatic heterocycles. The molecule has 0 atom stereocenters. The maximum atomic E-state index is 5.82. The van der Waals surface area contributed by atoms with E-state index in [-0.39, 0.29) is 5.41 Å². The van der Waals surface area contributed by atoms with Crippen molar-refractivity contribution in [2.24, 2.45) is 0 Å². The van der Waals surface area contributed by atoms with Crippen molar-refractivity contribution in [3.05, 3.63) is 66.0 Å². The Morgan fingerprint density at radius 1 is 0.957 bits per heavy atom. The summed E-state index contributed by atoms with van der Waals surface area (Å²) >= 11 is 0. The van der Waals surface area contributed by atoms with Gasteiger partial charge in [-0.15, -0.1) is 5.10 Å². The maximum Gasteiger partial charge on any atom is 0.194 e. The fourth-order valence-electron chi connectivity index (χ4n) is 2.26. The van der Waals surface area contributed by atoms with E-state index in [0.29, 0.717) is 12.4 Å². The van der Waals surface area contributed by atoms with Crippen LogP contribution in [0, 0.1) is 0 Å². The van der Waals surface area contributed by atoms with E-state index < -0.39 is 0 Å². The minimum atomic E-state index is 0.135. The van der Waals surface area contributed by atoms with Gasteiger partial charge in [-0.2, -0.15) is 4.68 Å². The second kappa shape index (κ2) is 6.20. The fourth-order valence-corrected chi connectivity index (χ4v) is 2.26. The molecule has 2 aromatic carbocycles. The third-order valence-electron chi connectivity index (χ3n) is 3.62. The van der Waals surface area contributed by atoms with E-state index in [1.807, 2.05) is 42.5 Å². The smallest absolute Gasteiger partial charge is 0.194 e. The van der Waals surface area contributed by atoms with E-state index in [4.69, 9.17) is 4.74 Å². The Morgan fingerprint density at radius 2 is 1.65 bits per heavy atom. The van der Waals surface area contributed by atoms with E-state index in [0.717, 1.165) is 11.4 Å². The highest BCUT2D eigenvalue weighted by Crippen LogP contribution is 2.24. The molecule has 0 unspecified atom stereocenters. The number of benzene rings is 2. The van der Waals surface area contributed by atoms with Gasteiger partial charge >= 0.3 is 0 Å². The summed E-state index contributed by atoms with van der Waals surface area (Å²) in [7, 11) is 0. The van der Waals surface area contributed by atoms with Gasteiger partial charge in [-0.05, 0) is 45.7 Å². The third-order valence-corrected chi connectivity index (χ3v) is 3.62. The molecule has 0 aliphatic rings. The summed E-state index contributed by atoms with van der Waals surface area (Å²) in [6.45, 7) is 6.89. The summed E-state index contributed by atoms with van der Waals surface area (Å²) in [5, 5.41) is 11.8. The molecule has 0 saturated carbocycles. The van der Waals surface area contributed by atoms with Gasteiger partial charge in [-0.1, -0.05) is 51.1 Å². The molecule has 0 amide bonds. The van der Waals surface area contributed by atoms with Gasteiger partial charge in [0.15, 0.2) is 5.82 Å². The van der Waals surface area contributed by atoms with Gasteiger partial charge < -0.3 is 4.74 Å². The molecule has 0 spiro atoms. The van der Waals surface area contributed by atoms with Gasteiger partial charge in [0.25, 0.3) is 0 Å². The molecule has 0 fully saturated rings. The third kappa shape index (κ3) is 3.56. The number of nitrogens with zero attached hydrogens (tertiary/aromatic N) is 4. The van der Waals surface area contributed by atoms with Crippen molar-refractivity contribution in [2.45, 2.75) is 32.8 Å². The average molecular weight is 308 g/mol. The molecule has 0 bridgehead atoms. The quantitative estimate of drug-likeness (QED) is 0.740. The monoisotopic (exact) mass is 308 g/mol. The van der Waals surface area contributed by atoms with Crippen molar-refractivity contribution in [3.63, 3.8) is 0 Å². The standard InChI is InChI=1S/C18H20N4O/c1-18(2,3)14-9-11-16(12-10-14)23-13-17-19-20-21-22(17)15-7-5-4-6-8-15/h4-12H,13H2,1-3H3. The number of rotatable bonds is 4. The van der Waals surface area contributed by atoms with Gasteiger partial charge in [0.1, 0.15) is 12.4 Å². The van der Waals surface area contributed by atoms with Crippen LogP contribution in [0.15, 0.2) is 54.6 Å². The summed E-state index contributed by atoms with van der Waals surface area (Å²) in [5.41, 5.74) is 2.33.